The van der Waals surface area contributed by atoms with Crippen molar-refractivity contribution < 1.29 is 0 Å². The van der Waals surface area contributed by atoms with Crippen molar-refractivity contribution in [2.75, 3.05) is 0 Å². The van der Waals surface area contributed by atoms with Crippen LogP contribution in [0.4, 0.5) is 0 Å². The van der Waals surface area contributed by atoms with E-state index in [9.17, 15) is 0 Å². The molecule has 0 radical (unpaired) electrons. The van der Waals surface area contributed by atoms with Crippen molar-refractivity contribution in [3.05, 3.63) is 0 Å². The van der Waals surface area contributed by atoms with Crippen molar-refractivity contribution in [3.8, 4) is 0 Å². The molecule has 2 nitrogen and oxygen atoms in total. The standard InChI is InChI=1S/C4H10N2S/c1-4(2,6)3(5)7/h6H2,1-2H3,(H2,5,7). The Balaban J connectivity index is 3.79. The summed E-state index contributed by atoms with van der Waals surface area (Å²) in [5.41, 5.74) is 10.1. The van der Waals surface area contributed by atoms with E-state index in [2.05, 4.69) is 12.2 Å². The lowest BCUT2D eigenvalue weighted by molar-refractivity contribution is 0.703. The summed E-state index contributed by atoms with van der Waals surface area (Å²) in [5, 5.41) is 0. The minimum atomic E-state index is -0.491. The van der Waals surface area contributed by atoms with Gasteiger partial charge in [-0.1, -0.05) is 12.2 Å². The van der Waals surface area contributed by atoms with Gasteiger partial charge < -0.3 is 11.5 Å². The van der Waals surface area contributed by atoms with Gasteiger partial charge in [-0.3, -0.25) is 0 Å². The van der Waals surface area contributed by atoms with Crippen LogP contribution in [0.15, 0.2) is 0 Å². The third-order valence-electron chi connectivity index (χ3n) is 0.635. The Hall–Kier alpha value is -0.150. The van der Waals surface area contributed by atoms with Crippen LogP contribution in [0.1, 0.15) is 13.8 Å². The van der Waals surface area contributed by atoms with E-state index in [1.807, 2.05) is 0 Å². The van der Waals surface area contributed by atoms with Crippen LogP contribution >= 0.6 is 12.2 Å². The van der Waals surface area contributed by atoms with Crippen molar-refractivity contribution in [2.45, 2.75) is 19.4 Å². The van der Waals surface area contributed by atoms with E-state index in [0.717, 1.165) is 0 Å². The van der Waals surface area contributed by atoms with Gasteiger partial charge in [-0.2, -0.15) is 0 Å². The summed E-state index contributed by atoms with van der Waals surface area (Å²) in [5.74, 6) is 0. The maximum Gasteiger partial charge on any atom is 0.0923 e. The number of thiocarbonyl (C=S) groups is 1. The van der Waals surface area contributed by atoms with Crippen molar-refractivity contribution >= 4 is 17.2 Å². The molecule has 0 aromatic carbocycles. The summed E-state index contributed by atoms with van der Waals surface area (Å²) in [4.78, 5) is 0.354. The minimum Gasteiger partial charge on any atom is -0.392 e. The topological polar surface area (TPSA) is 52.0 Å². The van der Waals surface area contributed by atoms with Gasteiger partial charge in [0, 0.05) is 0 Å². The molecule has 0 unspecified atom stereocenters. The largest absolute Gasteiger partial charge is 0.392 e. The Morgan fingerprint density at radius 2 is 1.71 bits per heavy atom. The summed E-state index contributed by atoms with van der Waals surface area (Å²) >= 11 is 4.59. The molecule has 0 rings (SSSR count). The van der Waals surface area contributed by atoms with E-state index in [1.165, 1.54) is 0 Å². The van der Waals surface area contributed by atoms with E-state index in [4.69, 9.17) is 11.5 Å². The van der Waals surface area contributed by atoms with Gasteiger partial charge in [-0.25, -0.2) is 0 Å². The number of hydrogen-bond acceptors (Lipinski definition) is 2. The van der Waals surface area contributed by atoms with Crippen LogP contribution < -0.4 is 11.5 Å². The first-order valence-electron chi connectivity index (χ1n) is 2.03. The average Bonchev–Trinajstić information content (AvgIpc) is 1.31. The Morgan fingerprint density at radius 1 is 1.57 bits per heavy atom. The van der Waals surface area contributed by atoms with E-state index >= 15 is 0 Å². The van der Waals surface area contributed by atoms with Crippen LogP contribution in [-0.4, -0.2) is 10.5 Å². The second kappa shape index (κ2) is 1.76. The maximum atomic E-state index is 5.41. The molecule has 0 fully saturated rings. The predicted octanol–water partition coefficient (Wildman–Crippen LogP) is 0.00980. The van der Waals surface area contributed by atoms with Crippen molar-refractivity contribution in [1.29, 1.82) is 0 Å². The fourth-order valence-electron chi connectivity index (χ4n) is 0. The lowest BCUT2D eigenvalue weighted by Gasteiger charge is -2.14. The second-order valence-corrected chi connectivity index (χ2v) is 2.53. The van der Waals surface area contributed by atoms with Gasteiger partial charge in [0.1, 0.15) is 0 Å². The third-order valence-corrected chi connectivity index (χ3v) is 1.16. The summed E-state index contributed by atoms with van der Waals surface area (Å²) in [6.07, 6.45) is 0. The van der Waals surface area contributed by atoms with Gasteiger partial charge in [0.25, 0.3) is 0 Å². The quantitative estimate of drug-likeness (QED) is 0.477. The predicted molar refractivity (Wildman–Crippen MR) is 35.1 cm³/mol. The maximum absolute atomic E-state index is 5.41. The Kier molecular flexibility index (Phi) is 1.72. The van der Waals surface area contributed by atoms with E-state index in [1.54, 1.807) is 13.8 Å². The molecule has 0 aliphatic heterocycles. The molecule has 4 N–H and O–H groups in total. The van der Waals surface area contributed by atoms with Crippen LogP contribution in [0.2, 0.25) is 0 Å². The fourth-order valence-corrected chi connectivity index (χ4v) is 0. The fraction of sp³-hybridized carbons (Fsp3) is 0.750. The van der Waals surface area contributed by atoms with Gasteiger partial charge in [-0.05, 0) is 13.8 Å². The molecule has 0 saturated heterocycles. The first-order chi connectivity index (χ1) is 2.94. The van der Waals surface area contributed by atoms with E-state index in [-0.39, 0.29) is 0 Å². The smallest absolute Gasteiger partial charge is 0.0923 e. The van der Waals surface area contributed by atoms with Gasteiger partial charge in [0.05, 0.1) is 10.5 Å². The van der Waals surface area contributed by atoms with Crippen LogP contribution in [-0.2, 0) is 0 Å². The number of rotatable bonds is 1. The Morgan fingerprint density at radius 3 is 1.71 bits per heavy atom. The van der Waals surface area contributed by atoms with Gasteiger partial charge in [0.2, 0.25) is 0 Å². The molecule has 0 heterocycles. The lowest BCUT2D eigenvalue weighted by Crippen LogP contribution is -2.44. The van der Waals surface area contributed by atoms with Crippen molar-refractivity contribution in [2.24, 2.45) is 11.5 Å². The summed E-state index contributed by atoms with van der Waals surface area (Å²) < 4.78 is 0. The van der Waals surface area contributed by atoms with Crippen LogP contribution in [0, 0.1) is 0 Å². The van der Waals surface area contributed by atoms with Crippen molar-refractivity contribution in [3.63, 3.8) is 0 Å². The SMILES string of the molecule is CC(C)(N)C(N)=S. The summed E-state index contributed by atoms with van der Waals surface area (Å²) in [7, 11) is 0. The van der Waals surface area contributed by atoms with Gasteiger partial charge in [-0.15, -0.1) is 0 Å². The molecule has 42 valence electrons. The molecule has 0 amide bonds. The summed E-state index contributed by atoms with van der Waals surface area (Å²) in [6, 6.07) is 0. The molecule has 0 aromatic heterocycles. The van der Waals surface area contributed by atoms with E-state index in [0.29, 0.717) is 4.99 Å². The second-order valence-electron chi connectivity index (χ2n) is 2.09. The highest BCUT2D eigenvalue weighted by Crippen LogP contribution is 1.93. The molecule has 0 atom stereocenters. The number of nitrogens with two attached hydrogens (primary N) is 2. The van der Waals surface area contributed by atoms with Crippen molar-refractivity contribution in [1.82, 2.24) is 0 Å². The minimum absolute atomic E-state index is 0.354. The zero-order valence-corrected chi connectivity index (χ0v) is 5.38. The number of hydrogen-bond donors (Lipinski definition) is 2. The van der Waals surface area contributed by atoms with Gasteiger partial charge >= 0.3 is 0 Å². The van der Waals surface area contributed by atoms with Crippen LogP contribution in [0.25, 0.3) is 0 Å². The molecule has 0 saturated carbocycles. The highest BCUT2D eigenvalue weighted by Gasteiger charge is 2.12. The highest BCUT2D eigenvalue weighted by molar-refractivity contribution is 7.80. The molecule has 0 bridgehead atoms. The molecule has 3 heteroatoms. The molecular weight excluding hydrogens is 108 g/mol. The van der Waals surface area contributed by atoms with Crippen LogP contribution in [0.3, 0.4) is 0 Å². The van der Waals surface area contributed by atoms with Crippen LogP contribution in [0.5, 0.6) is 0 Å². The zero-order chi connectivity index (χ0) is 6.08. The molecular formula is C4H10N2S. The molecule has 0 aliphatic carbocycles. The Labute approximate surface area is 48.9 Å². The van der Waals surface area contributed by atoms with E-state index < -0.39 is 5.54 Å². The molecule has 0 aromatic rings. The average molecular weight is 118 g/mol. The first kappa shape index (κ1) is 6.85. The Bertz CT molecular complexity index is 82.2. The molecule has 0 spiro atoms. The molecule has 7 heavy (non-hydrogen) atoms. The highest BCUT2D eigenvalue weighted by atomic mass is 32.1. The van der Waals surface area contributed by atoms with Gasteiger partial charge in [0.15, 0.2) is 0 Å². The zero-order valence-electron chi connectivity index (χ0n) is 4.56. The third kappa shape index (κ3) is 2.53. The normalized spacial score (nSPS) is 11.3. The molecule has 0 aliphatic rings. The first-order valence-corrected chi connectivity index (χ1v) is 2.44. The summed E-state index contributed by atoms with van der Waals surface area (Å²) in [6.45, 7) is 3.55. The monoisotopic (exact) mass is 118 g/mol. The lowest BCUT2D eigenvalue weighted by atomic mass is 10.1.